The van der Waals surface area contributed by atoms with Crippen molar-refractivity contribution in [2.45, 2.75) is 13.3 Å². The maximum atomic E-state index is 10.9. The number of hydrogen-bond acceptors (Lipinski definition) is 5. The number of nitrogens with zero attached hydrogens (tertiary/aromatic N) is 3. The van der Waals surface area contributed by atoms with E-state index in [1.54, 1.807) is 6.20 Å². The molecule has 2 aromatic heterocycles. The van der Waals surface area contributed by atoms with E-state index in [1.165, 1.54) is 0 Å². The Bertz CT molecular complexity index is 904. The second-order valence-corrected chi connectivity index (χ2v) is 6.45. The van der Waals surface area contributed by atoms with Gasteiger partial charge in [0.15, 0.2) is 0 Å². The molecule has 136 valence electrons. The van der Waals surface area contributed by atoms with Gasteiger partial charge in [-0.2, -0.15) is 5.10 Å². The smallest absolute Gasteiger partial charge is 0.129 e. The summed E-state index contributed by atoms with van der Waals surface area (Å²) in [6, 6.07) is 8.00. The minimum Gasteiger partial charge on any atom is -0.493 e. The van der Waals surface area contributed by atoms with Crippen LogP contribution in [0.4, 0.5) is 0 Å². The van der Waals surface area contributed by atoms with Gasteiger partial charge in [-0.05, 0) is 43.8 Å². The Kier molecular flexibility index (Phi) is 5.63. The fourth-order valence-corrected chi connectivity index (χ4v) is 3.05. The van der Waals surface area contributed by atoms with Crippen LogP contribution in [0.5, 0.6) is 5.75 Å². The number of fused-ring (bicyclic) bond motifs is 1. The summed E-state index contributed by atoms with van der Waals surface area (Å²) in [5.41, 5.74) is 4.05. The zero-order valence-electron chi connectivity index (χ0n) is 15.4. The average Bonchev–Trinajstić information content (AvgIpc) is 2.98. The number of rotatable bonds is 8. The van der Waals surface area contributed by atoms with Gasteiger partial charge >= 0.3 is 0 Å². The van der Waals surface area contributed by atoms with Crippen molar-refractivity contribution in [1.82, 2.24) is 20.1 Å². The quantitative estimate of drug-likeness (QED) is 0.631. The second kappa shape index (κ2) is 8.10. The van der Waals surface area contributed by atoms with E-state index in [2.05, 4.69) is 21.5 Å². The van der Waals surface area contributed by atoms with Gasteiger partial charge in [-0.3, -0.25) is 9.67 Å². The van der Waals surface area contributed by atoms with E-state index in [-0.39, 0.29) is 5.92 Å². The van der Waals surface area contributed by atoms with Gasteiger partial charge in [-0.15, -0.1) is 0 Å². The van der Waals surface area contributed by atoms with Gasteiger partial charge in [0.25, 0.3) is 0 Å². The van der Waals surface area contributed by atoms with E-state index >= 15 is 0 Å². The highest BCUT2D eigenvalue weighted by molar-refractivity contribution is 5.90. The third-order valence-corrected chi connectivity index (χ3v) is 4.63. The topological polar surface area (TPSA) is 69.0 Å². The average molecular weight is 352 g/mol. The SMILES string of the molecule is CNCC(CC=O)COc1cc(-c2cnn(C)c2C)cc2ncccc12. The molecule has 0 saturated carbocycles. The lowest BCUT2D eigenvalue weighted by atomic mass is 10.0. The summed E-state index contributed by atoms with van der Waals surface area (Å²) in [6.45, 7) is 3.24. The van der Waals surface area contributed by atoms with Crippen molar-refractivity contribution in [3.05, 3.63) is 42.4 Å². The number of nitrogens with one attached hydrogen (secondary N) is 1. The molecule has 0 fully saturated rings. The van der Waals surface area contributed by atoms with Gasteiger partial charge in [0, 0.05) is 48.8 Å². The summed E-state index contributed by atoms with van der Waals surface area (Å²) in [4.78, 5) is 15.4. The van der Waals surface area contributed by atoms with Gasteiger partial charge in [0.2, 0.25) is 0 Å². The third-order valence-electron chi connectivity index (χ3n) is 4.63. The van der Waals surface area contributed by atoms with Crippen LogP contribution in [0.1, 0.15) is 12.1 Å². The highest BCUT2D eigenvalue weighted by Gasteiger charge is 2.14. The largest absolute Gasteiger partial charge is 0.493 e. The van der Waals surface area contributed by atoms with Crippen LogP contribution in [0.25, 0.3) is 22.0 Å². The Balaban J connectivity index is 1.97. The lowest BCUT2D eigenvalue weighted by Gasteiger charge is -2.17. The fraction of sp³-hybridized carbons (Fsp3) is 0.350. The van der Waals surface area contributed by atoms with Crippen molar-refractivity contribution in [1.29, 1.82) is 0 Å². The van der Waals surface area contributed by atoms with Gasteiger partial charge in [0.05, 0.1) is 18.3 Å². The lowest BCUT2D eigenvalue weighted by Crippen LogP contribution is -2.24. The number of pyridine rings is 1. The van der Waals surface area contributed by atoms with Crippen LogP contribution in [-0.4, -0.2) is 41.2 Å². The molecule has 0 saturated heterocycles. The van der Waals surface area contributed by atoms with Crippen molar-refractivity contribution < 1.29 is 9.53 Å². The minimum absolute atomic E-state index is 0.132. The molecule has 3 aromatic rings. The first-order valence-electron chi connectivity index (χ1n) is 8.72. The number of aryl methyl sites for hydroxylation is 1. The molecule has 0 aliphatic rings. The Hall–Kier alpha value is -2.73. The maximum absolute atomic E-state index is 10.9. The first-order chi connectivity index (χ1) is 12.6. The van der Waals surface area contributed by atoms with Crippen molar-refractivity contribution in [2.75, 3.05) is 20.2 Å². The van der Waals surface area contributed by atoms with Crippen LogP contribution in [0.3, 0.4) is 0 Å². The van der Waals surface area contributed by atoms with Crippen LogP contribution >= 0.6 is 0 Å². The van der Waals surface area contributed by atoms with E-state index in [9.17, 15) is 4.79 Å². The maximum Gasteiger partial charge on any atom is 0.129 e. The van der Waals surface area contributed by atoms with E-state index in [4.69, 9.17) is 4.74 Å². The lowest BCUT2D eigenvalue weighted by molar-refractivity contribution is -0.108. The summed E-state index contributed by atoms with van der Waals surface area (Å²) >= 11 is 0. The molecule has 0 aliphatic carbocycles. The van der Waals surface area contributed by atoms with Gasteiger partial charge in [-0.25, -0.2) is 0 Å². The molecule has 6 heteroatoms. The fourth-order valence-electron chi connectivity index (χ4n) is 3.05. The number of aromatic nitrogens is 3. The first kappa shape index (κ1) is 18.1. The van der Waals surface area contributed by atoms with Crippen LogP contribution < -0.4 is 10.1 Å². The first-order valence-corrected chi connectivity index (χ1v) is 8.72. The van der Waals surface area contributed by atoms with E-state index in [0.29, 0.717) is 13.0 Å². The van der Waals surface area contributed by atoms with E-state index in [0.717, 1.165) is 46.3 Å². The predicted molar refractivity (Wildman–Crippen MR) is 102 cm³/mol. The summed E-state index contributed by atoms with van der Waals surface area (Å²) in [7, 11) is 3.81. The summed E-state index contributed by atoms with van der Waals surface area (Å²) in [5, 5.41) is 8.41. The minimum atomic E-state index is 0.132. The van der Waals surface area contributed by atoms with E-state index in [1.807, 2.05) is 50.1 Å². The highest BCUT2D eigenvalue weighted by Crippen LogP contribution is 2.33. The molecule has 3 rings (SSSR count). The molecule has 2 heterocycles. The highest BCUT2D eigenvalue weighted by atomic mass is 16.5. The van der Waals surface area contributed by atoms with Crippen LogP contribution in [-0.2, 0) is 11.8 Å². The van der Waals surface area contributed by atoms with Gasteiger partial charge in [-0.1, -0.05) is 0 Å². The van der Waals surface area contributed by atoms with Gasteiger partial charge in [0.1, 0.15) is 12.0 Å². The molecular weight excluding hydrogens is 328 g/mol. The number of carbonyl (C=O) groups is 1. The van der Waals surface area contributed by atoms with Crippen LogP contribution in [0.15, 0.2) is 36.7 Å². The third kappa shape index (κ3) is 3.75. The summed E-state index contributed by atoms with van der Waals surface area (Å²) in [6.07, 6.45) is 5.06. The van der Waals surface area contributed by atoms with Crippen LogP contribution in [0.2, 0.25) is 0 Å². The Morgan fingerprint density at radius 2 is 2.23 bits per heavy atom. The van der Waals surface area contributed by atoms with Crippen molar-refractivity contribution in [3.63, 3.8) is 0 Å². The molecular formula is C20H24N4O2. The second-order valence-electron chi connectivity index (χ2n) is 6.45. The molecule has 26 heavy (non-hydrogen) atoms. The Morgan fingerprint density at radius 1 is 1.38 bits per heavy atom. The molecule has 1 aromatic carbocycles. The molecule has 1 atom stereocenters. The Labute approximate surface area is 153 Å². The van der Waals surface area contributed by atoms with Crippen LogP contribution in [0, 0.1) is 12.8 Å². The molecule has 0 aliphatic heterocycles. The monoisotopic (exact) mass is 352 g/mol. The number of aldehydes is 1. The number of carbonyl (C=O) groups excluding carboxylic acids is 1. The van der Waals surface area contributed by atoms with Crippen molar-refractivity contribution >= 4 is 17.2 Å². The summed E-state index contributed by atoms with van der Waals surface area (Å²) < 4.78 is 7.98. The molecule has 1 unspecified atom stereocenters. The summed E-state index contributed by atoms with van der Waals surface area (Å²) in [5.74, 6) is 0.911. The number of benzene rings is 1. The molecule has 0 spiro atoms. The molecule has 0 bridgehead atoms. The molecule has 1 N–H and O–H groups in total. The van der Waals surface area contributed by atoms with Crippen molar-refractivity contribution in [3.8, 4) is 16.9 Å². The number of hydrogen-bond donors (Lipinski definition) is 1. The molecule has 0 amide bonds. The van der Waals surface area contributed by atoms with Gasteiger partial charge < -0.3 is 14.8 Å². The Morgan fingerprint density at radius 3 is 2.92 bits per heavy atom. The predicted octanol–water partition coefficient (Wildman–Crippen LogP) is 2.75. The molecule has 0 radical (unpaired) electrons. The zero-order valence-corrected chi connectivity index (χ0v) is 15.4. The normalized spacial score (nSPS) is 12.3. The van der Waals surface area contributed by atoms with E-state index < -0.39 is 0 Å². The standard InChI is InChI=1S/C20H24N4O2/c1-14-18(12-23-24(14)3)16-9-19-17(5-4-7-22-19)20(10-16)26-13-15(6-8-25)11-21-2/h4-5,7-10,12,15,21H,6,11,13H2,1-3H3. The zero-order chi connectivity index (χ0) is 18.5. The number of ether oxygens (including phenoxy) is 1. The molecule has 6 nitrogen and oxygen atoms in total. The van der Waals surface area contributed by atoms with Crippen molar-refractivity contribution in [2.24, 2.45) is 13.0 Å².